The Labute approximate surface area is 240 Å². The molecule has 1 aromatic rings. The highest BCUT2D eigenvalue weighted by atomic mass is 32.2. The number of hydrogen-bond acceptors (Lipinski definition) is 7. The summed E-state index contributed by atoms with van der Waals surface area (Å²) in [7, 11) is -3.89. The van der Waals surface area contributed by atoms with Crippen LogP contribution in [0.25, 0.3) is 0 Å². The van der Waals surface area contributed by atoms with Crippen LogP contribution < -0.4 is 14.9 Å². The second-order valence-corrected chi connectivity index (χ2v) is 12.2. The third-order valence-corrected chi connectivity index (χ3v) is 8.51. The normalized spacial score (nSPS) is 21.2. The minimum atomic E-state index is -3.89. The molecule has 1 aromatic carbocycles. The van der Waals surface area contributed by atoms with E-state index in [0.717, 1.165) is 0 Å². The molecule has 0 radical (unpaired) electrons. The lowest BCUT2D eigenvalue weighted by Crippen LogP contribution is -2.39. The van der Waals surface area contributed by atoms with Gasteiger partial charge in [0, 0.05) is 39.0 Å². The average molecular weight is 618 g/mol. The number of amides is 1. The number of allylic oxidation sites excluding steroid dienone is 2. The van der Waals surface area contributed by atoms with E-state index < -0.39 is 59.3 Å². The number of amidine groups is 1. The summed E-state index contributed by atoms with van der Waals surface area (Å²) in [5.41, 5.74) is 0.668. The highest BCUT2D eigenvalue weighted by Crippen LogP contribution is 2.32. The molecule has 3 N–H and O–H groups in total. The molecule has 230 valence electrons. The number of piperidine rings is 2. The number of carbonyl (C=O) groups excluding carboxylic acids is 1. The van der Waals surface area contributed by atoms with Crippen LogP contribution >= 0.6 is 0 Å². The van der Waals surface area contributed by atoms with Crippen LogP contribution in [0.4, 0.5) is 33.3 Å². The molecule has 1 amide bonds. The number of nitrogens with one attached hydrogen (secondary N) is 2. The lowest BCUT2D eigenvalue weighted by molar-refractivity contribution is -0.0492. The van der Waals surface area contributed by atoms with Gasteiger partial charge in [0.1, 0.15) is 17.8 Å². The summed E-state index contributed by atoms with van der Waals surface area (Å²) in [5.74, 6) is -3.97. The number of aliphatic hydroxyl groups is 1. The molecule has 3 aliphatic heterocycles. The summed E-state index contributed by atoms with van der Waals surface area (Å²) < 4.78 is 95.3. The smallest absolute Gasteiger partial charge is 0.269 e. The third kappa shape index (κ3) is 7.88. The van der Waals surface area contributed by atoms with Crippen LogP contribution in [-0.2, 0) is 10.0 Å². The molecule has 1 unspecified atom stereocenters. The first-order chi connectivity index (χ1) is 19.8. The van der Waals surface area contributed by atoms with Gasteiger partial charge in [0.25, 0.3) is 17.9 Å². The Morgan fingerprint density at radius 2 is 1.79 bits per heavy atom. The van der Waals surface area contributed by atoms with Gasteiger partial charge in [0.2, 0.25) is 10.0 Å². The molecule has 0 bridgehead atoms. The topological polar surface area (TPSA) is 114 Å². The van der Waals surface area contributed by atoms with Crippen molar-refractivity contribution in [3.63, 3.8) is 0 Å². The Balaban J connectivity index is 1.63. The average Bonchev–Trinajstić information content (AvgIpc) is 3.05. The standard InChI is InChI=1S/C27H32F5N5O4S/c1-17-14-23(33-24(16-21(17)28)37-10-6-27(31,32)7-11-37)34-26(39)20-3-2-19(35-42(40,41)13-12-38)15-22(20)36-8-4-18(5-9-36)25(29)30/h2-3,14-16,21,35,38H,4-13H2,1H3,(H,33,34,39). The number of rotatable bonds is 7. The molecule has 0 aromatic heterocycles. The Kier molecular flexibility index (Phi) is 9.60. The van der Waals surface area contributed by atoms with Gasteiger partial charge in [-0.1, -0.05) is 0 Å². The summed E-state index contributed by atoms with van der Waals surface area (Å²) >= 11 is 0. The van der Waals surface area contributed by atoms with E-state index >= 15 is 0 Å². The molecule has 2 saturated heterocycles. The molecule has 0 spiro atoms. The maximum Gasteiger partial charge on any atom is 0.269 e. The molecule has 4 rings (SSSR count). The van der Waals surface area contributed by atoms with Crippen LogP contribution in [-0.4, -0.2) is 80.8 Å². The van der Waals surface area contributed by atoms with Crippen molar-refractivity contribution in [3.8, 4) is 0 Å². The number of carbonyl (C=O) groups is 1. The maximum absolute atomic E-state index is 14.8. The summed E-state index contributed by atoms with van der Waals surface area (Å²) in [6.45, 7) is 1.07. The Hall–Kier alpha value is -3.46. The van der Waals surface area contributed by atoms with Gasteiger partial charge >= 0.3 is 0 Å². The molecule has 3 heterocycles. The van der Waals surface area contributed by atoms with Gasteiger partial charge < -0.3 is 20.2 Å². The molecule has 3 aliphatic rings. The first-order valence-electron chi connectivity index (χ1n) is 13.4. The summed E-state index contributed by atoms with van der Waals surface area (Å²) in [5, 5.41) is 11.7. The minimum Gasteiger partial charge on any atom is -0.395 e. The number of halogens is 5. The van der Waals surface area contributed by atoms with Gasteiger partial charge in [-0.2, -0.15) is 8.78 Å². The van der Waals surface area contributed by atoms with Crippen LogP contribution in [0, 0.1) is 0 Å². The molecular weight excluding hydrogens is 585 g/mol. The van der Waals surface area contributed by atoms with Gasteiger partial charge in [-0.05, 0) is 61.3 Å². The number of anilines is 2. The largest absolute Gasteiger partial charge is 0.395 e. The van der Waals surface area contributed by atoms with Crippen LogP contribution in [0.15, 0.2) is 58.4 Å². The quantitative estimate of drug-likeness (QED) is 0.396. The lowest BCUT2D eigenvalue weighted by Gasteiger charge is -2.33. The van der Waals surface area contributed by atoms with Gasteiger partial charge in [0.05, 0.1) is 29.3 Å². The number of sulfonamides is 1. The van der Waals surface area contributed by atoms with E-state index in [1.54, 1.807) is 4.90 Å². The second-order valence-electron chi connectivity index (χ2n) is 10.3. The molecular formula is C27H32F5N5O4S. The Morgan fingerprint density at radius 3 is 2.40 bits per heavy atom. The number of aliphatic imine (C=N–C) groups is 1. The maximum atomic E-state index is 14.8. The summed E-state index contributed by atoms with van der Waals surface area (Å²) in [4.78, 5) is 21.1. The first-order valence-corrected chi connectivity index (χ1v) is 15.0. The fourth-order valence-corrected chi connectivity index (χ4v) is 5.67. The van der Waals surface area contributed by atoms with Gasteiger partial charge in [0.15, 0.2) is 0 Å². The zero-order valence-electron chi connectivity index (χ0n) is 22.8. The zero-order chi connectivity index (χ0) is 30.7. The van der Waals surface area contributed by atoms with Crippen molar-refractivity contribution in [3.05, 3.63) is 59.0 Å². The van der Waals surface area contributed by atoms with Crippen molar-refractivity contribution < 1.29 is 40.3 Å². The van der Waals surface area contributed by atoms with Crippen LogP contribution in [0.1, 0.15) is 43.0 Å². The molecule has 0 aliphatic carbocycles. The number of benzene rings is 1. The van der Waals surface area contributed by atoms with E-state index in [1.807, 2.05) is 0 Å². The number of aliphatic hydroxyl groups excluding tert-OH is 1. The van der Waals surface area contributed by atoms with Crippen molar-refractivity contribution in [2.75, 3.05) is 48.2 Å². The highest BCUT2D eigenvalue weighted by Gasteiger charge is 2.35. The predicted octanol–water partition coefficient (Wildman–Crippen LogP) is 4.17. The van der Waals surface area contributed by atoms with Crippen molar-refractivity contribution in [1.29, 1.82) is 0 Å². The van der Waals surface area contributed by atoms with Crippen LogP contribution in [0.3, 0.4) is 0 Å². The zero-order valence-corrected chi connectivity index (χ0v) is 23.7. The van der Waals surface area contributed by atoms with E-state index in [0.29, 0.717) is 0 Å². The predicted molar refractivity (Wildman–Crippen MR) is 149 cm³/mol. The van der Waals surface area contributed by atoms with E-state index in [-0.39, 0.29) is 78.8 Å². The van der Waals surface area contributed by atoms with E-state index in [2.05, 4.69) is 15.0 Å². The van der Waals surface area contributed by atoms with E-state index in [4.69, 9.17) is 5.11 Å². The van der Waals surface area contributed by atoms with Crippen LogP contribution in [0.5, 0.6) is 0 Å². The molecule has 42 heavy (non-hydrogen) atoms. The number of nitrogens with zero attached hydrogens (tertiary/aromatic N) is 3. The summed E-state index contributed by atoms with van der Waals surface area (Å²) in [6.07, 6.45) is -1.52. The fourth-order valence-electron chi connectivity index (χ4n) is 4.84. The molecule has 15 heteroatoms. The van der Waals surface area contributed by atoms with Crippen molar-refractivity contribution >= 4 is 33.1 Å². The fraction of sp³-hybridized carbons (Fsp3) is 0.481. The summed E-state index contributed by atoms with van der Waals surface area (Å²) in [6, 6.07) is 4.10. The number of hydrogen-bond donors (Lipinski definition) is 3. The molecule has 9 nitrogen and oxygen atoms in total. The highest BCUT2D eigenvalue weighted by molar-refractivity contribution is 7.92. The van der Waals surface area contributed by atoms with Crippen molar-refractivity contribution in [2.24, 2.45) is 4.99 Å². The number of likely N-dealkylation sites (tertiary alicyclic amines) is 1. The second kappa shape index (κ2) is 12.8. The monoisotopic (exact) mass is 617 g/mol. The van der Waals surface area contributed by atoms with Crippen molar-refractivity contribution in [2.45, 2.75) is 44.7 Å². The third-order valence-electron chi connectivity index (χ3n) is 7.24. The van der Waals surface area contributed by atoms with Gasteiger partial charge in [-0.15, -0.1) is 0 Å². The van der Waals surface area contributed by atoms with Gasteiger partial charge in [-0.3, -0.25) is 9.52 Å². The Morgan fingerprint density at radius 1 is 1.12 bits per heavy atom. The van der Waals surface area contributed by atoms with E-state index in [1.165, 1.54) is 42.2 Å². The number of alkyl halides is 3. The molecule has 0 saturated carbocycles. The lowest BCUT2D eigenvalue weighted by atomic mass is 10.0. The Bertz CT molecular complexity index is 1420. The molecule has 2 fully saturated rings. The minimum absolute atomic E-state index is 0.000969. The molecule has 1 atom stereocenters. The van der Waals surface area contributed by atoms with Crippen molar-refractivity contribution in [1.82, 2.24) is 10.2 Å². The van der Waals surface area contributed by atoms with Crippen LogP contribution in [0.2, 0.25) is 0 Å². The van der Waals surface area contributed by atoms with E-state index in [9.17, 15) is 35.2 Å². The first kappa shape index (κ1) is 31.5. The SMILES string of the molecule is CC1=CC(NC(=O)c2ccc(NS(=O)(=O)CCO)cc2N2CCC(=C(F)F)CC2)=NC(N2CCC(F)(F)CC2)=CC1F. The van der Waals surface area contributed by atoms with Gasteiger partial charge in [-0.25, -0.2) is 26.6 Å².